The van der Waals surface area contributed by atoms with Crippen LogP contribution in [0, 0.1) is 5.82 Å². The first kappa shape index (κ1) is 19.7. The van der Waals surface area contributed by atoms with Crippen molar-refractivity contribution in [2.45, 2.75) is 43.8 Å². The summed E-state index contributed by atoms with van der Waals surface area (Å²) in [5, 5.41) is 2.46. The van der Waals surface area contributed by atoms with Crippen LogP contribution < -0.4 is 11.1 Å². The van der Waals surface area contributed by atoms with Crippen LogP contribution in [-0.2, 0) is 6.18 Å². The van der Waals surface area contributed by atoms with Gasteiger partial charge in [-0.15, -0.1) is 12.4 Å². The van der Waals surface area contributed by atoms with Crippen molar-refractivity contribution in [1.29, 1.82) is 0 Å². The lowest BCUT2D eigenvalue weighted by Gasteiger charge is -2.33. The van der Waals surface area contributed by atoms with Crippen LogP contribution in [0.5, 0.6) is 0 Å². The first-order valence-electron chi connectivity index (χ1n) is 7.16. The first-order valence-corrected chi connectivity index (χ1v) is 7.16. The van der Waals surface area contributed by atoms with Crippen LogP contribution in [0.2, 0.25) is 0 Å². The van der Waals surface area contributed by atoms with Crippen molar-refractivity contribution in [2.24, 2.45) is 5.73 Å². The molecule has 1 aliphatic carbocycles. The van der Waals surface area contributed by atoms with Crippen molar-refractivity contribution in [2.75, 3.05) is 6.54 Å². The minimum Gasteiger partial charge on any atom is -0.350 e. The van der Waals surface area contributed by atoms with Gasteiger partial charge in [0.05, 0.1) is 11.1 Å². The molecule has 1 amide bonds. The number of amides is 1. The summed E-state index contributed by atoms with van der Waals surface area (Å²) in [6.45, 7) is 0.127. The number of hydrogen-bond donors (Lipinski definition) is 2. The van der Waals surface area contributed by atoms with Gasteiger partial charge in [0, 0.05) is 12.1 Å². The molecule has 0 unspecified atom stereocenters. The van der Waals surface area contributed by atoms with E-state index in [4.69, 9.17) is 5.73 Å². The lowest BCUT2D eigenvalue weighted by molar-refractivity contribution is -0.140. The molecule has 1 fully saturated rings. The summed E-state index contributed by atoms with van der Waals surface area (Å²) in [6, 6.07) is 2.65. The maximum Gasteiger partial charge on any atom is 0.419 e. The number of nitrogens with one attached hydrogen (secondary N) is 1. The van der Waals surface area contributed by atoms with Gasteiger partial charge in [-0.1, -0.05) is 25.3 Å². The first-order chi connectivity index (χ1) is 10.2. The second-order valence-corrected chi connectivity index (χ2v) is 5.77. The molecule has 0 aromatic heterocycles. The molecule has 0 radical (unpaired) electrons. The Morgan fingerprint density at radius 1 is 1.22 bits per heavy atom. The molecule has 1 aliphatic rings. The van der Waals surface area contributed by atoms with Crippen molar-refractivity contribution in [3.8, 4) is 0 Å². The Balaban J connectivity index is 0.00000264. The quantitative estimate of drug-likeness (QED) is 0.814. The van der Waals surface area contributed by atoms with Crippen LogP contribution in [0.25, 0.3) is 0 Å². The zero-order chi connectivity index (χ0) is 16.4. The van der Waals surface area contributed by atoms with Gasteiger partial charge in [0.25, 0.3) is 5.91 Å². The largest absolute Gasteiger partial charge is 0.419 e. The maximum atomic E-state index is 13.9. The van der Waals surface area contributed by atoms with E-state index < -0.39 is 34.6 Å². The van der Waals surface area contributed by atoms with Crippen LogP contribution in [0.15, 0.2) is 18.2 Å². The lowest BCUT2D eigenvalue weighted by Crippen LogP contribution is -2.51. The highest BCUT2D eigenvalue weighted by Gasteiger charge is 2.36. The Bertz CT molecular complexity index is 557. The van der Waals surface area contributed by atoms with E-state index in [1.165, 1.54) is 0 Å². The van der Waals surface area contributed by atoms with Gasteiger partial charge >= 0.3 is 6.18 Å². The Morgan fingerprint density at radius 2 is 1.83 bits per heavy atom. The van der Waals surface area contributed by atoms with Gasteiger partial charge in [0.15, 0.2) is 0 Å². The second kappa shape index (κ2) is 7.49. The number of carbonyl (C=O) groups excluding carboxylic acids is 1. The van der Waals surface area contributed by atoms with Gasteiger partial charge in [-0.2, -0.15) is 13.2 Å². The van der Waals surface area contributed by atoms with Crippen molar-refractivity contribution < 1.29 is 22.4 Å². The van der Waals surface area contributed by atoms with Crippen LogP contribution >= 0.6 is 12.4 Å². The monoisotopic (exact) mass is 354 g/mol. The fraction of sp³-hybridized carbons (Fsp3) is 0.533. The molecule has 0 atom stereocenters. The van der Waals surface area contributed by atoms with E-state index in [-0.39, 0.29) is 19.0 Å². The normalized spacial score (nSPS) is 17.3. The van der Waals surface area contributed by atoms with Gasteiger partial charge in [0.1, 0.15) is 5.82 Å². The Hall–Kier alpha value is -1.34. The smallest absolute Gasteiger partial charge is 0.350 e. The van der Waals surface area contributed by atoms with Gasteiger partial charge in [-0.05, 0) is 25.0 Å². The summed E-state index contributed by atoms with van der Waals surface area (Å²) in [7, 11) is 0. The van der Waals surface area contributed by atoms with E-state index in [0.29, 0.717) is 6.07 Å². The van der Waals surface area contributed by atoms with Crippen molar-refractivity contribution >= 4 is 18.3 Å². The zero-order valence-corrected chi connectivity index (χ0v) is 13.2. The van der Waals surface area contributed by atoms with Gasteiger partial charge in [0.2, 0.25) is 0 Å². The molecule has 1 aromatic carbocycles. The molecule has 8 heteroatoms. The highest BCUT2D eigenvalue weighted by Crippen LogP contribution is 2.32. The molecule has 3 N–H and O–H groups in total. The zero-order valence-electron chi connectivity index (χ0n) is 12.4. The molecular weight excluding hydrogens is 336 g/mol. The number of carbonyl (C=O) groups is 1. The molecule has 1 saturated carbocycles. The Kier molecular flexibility index (Phi) is 6.41. The van der Waals surface area contributed by atoms with Gasteiger partial charge in [-0.25, -0.2) is 4.39 Å². The van der Waals surface area contributed by atoms with Gasteiger partial charge in [-0.3, -0.25) is 4.79 Å². The van der Waals surface area contributed by atoms with Crippen molar-refractivity contribution in [3.63, 3.8) is 0 Å². The number of benzene rings is 1. The van der Waals surface area contributed by atoms with E-state index in [1.54, 1.807) is 0 Å². The predicted octanol–water partition coefficient (Wildman–Crippen LogP) is 3.66. The molecule has 3 nitrogen and oxygen atoms in total. The molecule has 0 bridgehead atoms. The summed E-state index contributed by atoms with van der Waals surface area (Å²) in [5.74, 6) is -2.43. The minimum absolute atomic E-state index is 0. The van der Waals surface area contributed by atoms with Gasteiger partial charge < -0.3 is 11.1 Å². The summed E-state index contributed by atoms with van der Waals surface area (Å²) in [6.07, 6.45) is -0.390. The SMILES string of the molecule is Cl.NC1(CNC(=O)c2cccc(C(F)(F)F)c2F)CCCCC1. The highest BCUT2D eigenvalue weighted by molar-refractivity contribution is 5.94. The number of halogens is 5. The summed E-state index contributed by atoms with van der Waals surface area (Å²) in [5.41, 5.74) is 3.51. The van der Waals surface area contributed by atoms with E-state index in [0.717, 1.165) is 44.2 Å². The lowest BCUT2D eigenvalue weighted by atomic mass is 9.82. The number of rotatable bonds is 3. The number of hydrogen-bond acceptors (Lipinski definition) is 2. The molecule has 1 aromatic rings. The molecule has 0 spiro atoms. The van der Waals surface area contributed by atoms with Crippen LogP contribution in [-0.4, -0.2) is 18.0 Å². The van der Waals surface area contributed by atoms with Crippen LogP contribution in [0.1, 0.15) is 48.0 Å². The van der Waals surface area contributed by atoms with E-state index in [1.807, 2.05) is 0 Å². The van der Waals surface area contributed by atoms with Crippen molar-refractivity contribution in [3.05, 3.63) is 35.1 Å². The van der Waals surface area contributed by atoms with Crippen molar-refractivity contribution in [1.82, 2.24) is 5.32 Å². The average Bonchev–Trinajstić information content (AvgIpc) is 2.45. The third-order valence-electron chi connectivity index (χ3n) is 4.00. The molecule has 23 heavy (non-hydrogen) atoms. The Labute approximate surface area is 138 Å². The average molecular weight is 355 g/mol. The topological polar surface area (TPSA) is 55.1 Å². The summed E-state index contributed by atoms with van der Waals surface area (Å²) in [4.78, 5) is 12.0. The maximum absolute atomic E-state index is 13.9. The third kappa shape index (κ3) is 4.81. The van der Waals surface area contributed by atoms with Crippen LogP contribution in [0.4, 0.5) is 17.6 Å². The standard InChI is InChI=1S/C15H18F4N2O.ClH/c16-12-10(5-4-6-11(12)15(17,18)19)13(22)21-9-14(20)7-2-1-3-8-14;/h4-6H,1-3,7-9,20H2,(H,21,22);1H. The molecular formula is C15H19ClF4N2O. The molecule has 0 saturated heterocycles. The molecule has 0 heterocycles. The fourth-order valence-corrected chi connectivity index (χ4v) is 2.71. The number of nitrogens with two attached hydrogens (primary N) is 1. The van der Waals surface area contributed by atoms with E-state index in [2.05, 4.69) is 5.32 Å². The summed E-state index contributed by atoms with van der Waals surface area (Å²) >= 11 is 0. The Morgan fingerprint density at radius 3 is 2.39 bits per heavy atom. The van der Waals surface area contributed by atoms with E-state index in [9.17, 15) is 22.4 Å². The predicted molar refractivity (Wildman–Crippen MR) is 81.0 cm³/mol. The number of alkyl halides is 3. The molecule has 0 aliphatic heterocycles. The van der Waals surface area contributed by atoms with Crippen LogP contribution in [0.3, 0.4) is 0 Å². The molecule has 130 valence electrons. The molecule has 2 rings (SSSR count). The second-order valence-electron chi connectivity index (χ2n) is 5.77. The highest BCUT2D eigenvalue weighted by atomic mass is 35.5. The minimum atomic E-state index is -4.83. The summed E-state index contributed by atoms with van der Waals surface area (Å²) < 4.78 is 51.8. The fourth-order valence-electron chi connectivity index (χ4n) is 2.71. The third-order valence-corrected chi connectivity index (χ3v) is 4.00. The van der Waals surface area contributed by atoms with E-state index >= 15 is 0 Å².